The smallest absolute Gasteiger partial charge is 0.317 e. The van der Waals surface area contributed by atoms with Gasteiger partial charge in [0.2, 0.25) is 0 Å². The lowest BCUT2D eigenvalue weighted by atomic mass is 10.3. The number of carbonyl (C=O) groups excluding carboxylic acids is 1. The van der Waals surface area contributed by atoms with Crippen LogP contribution in [-0.2, 0) is 4.74 Å². The van der Waals surface area contributed by atoms with Gasteiger partial charge in [0.1, 0.15) is 0 Å². The van der Waals surface area contributed by atoms with Crippen LogP contribution in [0.25, 0.3) is 0 Å². The number of nitrogens with zero attached hydrogens (tertiary/aromatic N) is 1. The number of hydrogen-bond donors (Lipinski definition) is 1. The minimum atomic E-state index is -0.00102. The molecule has 0 aliphatic heterocycles. The van der Waals surface area contributed by atoms with Gasteiger partial charge in [-0.25, -0.2) is 4.79 Å². The molecular formula is C10H22N2O2. The molecule has 0 saturated carbocycles. The van der Waals surface area contributed by atoms with Gasteiger partial charge in [0.25, 0.3) is 0 Å². The minimum absolute atomic E-state index is 0.00102. The first-order valence-corrected chi connectivity index (χ1v) is 5.20. The van der Waals surface area contributed by atoms with E-state index in [0.717, 1.165) is 13.0 Å². The van der Waals surface area contributed by atoms with E-state index < -0.39 is 0 Å². The Kier molecular flexibility index (Phi) is 7.20. The van der Waals surface area contributed by atoms with Gasteiger partial charge in [-0.1, -0.05) is 6.92 Å². The third kappa shape index (κ3) is 4.46. The minimum Gasteiger partial charge on any atom is -0.383 e. The maximum absolute atomic E-state index is 11.6. The Morgan fingerprint density at radius 3 is 2.57 bits per heavy atom. The molecule has 0 spiro atoms. The average Bonchev–Trinajstić information content (AvgIpc) is 2.16. The third-order valence-corrected chi connectivity index (χ3v) is 2.07. The van der Waals surface area contributed by atoms with E-state index in [9.17, 15) is 4.79 Å². The molecule has 4 nitrogen and oxygen atoms in total. The largest absolute Gasteiger partial charge is 0.383 e. The van der Waals surface area contributed by atoms with Crippen molar-refractivity contribution in [3.63, 3.8) is 0 Å². The number of hydrogen-bond acceptors (Lipinski definition) is 2. The third-order valence-electron chi connectivity index (χ3n) is 2.07. The fraction of sp³-hybridized carbons (Fsp3) is 0.900. The molecule has 0 rings (SSSR count). The van der Waals surface area contributed by atoms with Crippen molar-refractivity contribution in [3.05, 3.63) is 0 Å². The normalized spacial score (nSPS) is 12.3. The van der Waals surface area contributed by atoms with Crippen LogP contribution in [0.1, 0.15) is 27.2 Å². The number of amides is 2. The van der Waals surface area contributed by atoms with Crippen molar-refractivity contribution >= 4 is 6.03 Å². The molecule has 4 heteroatoms. The summed E-state index contributed by atoms with van der Waals surface area (Å²) in [4.78, 5) is 13.4. The number of methoxy groups -OCH3 is 1. The lowest BCUT2D eigenvalue weighted by Crippen LogP contribution is -2.46. The molecule has 1 atom stereocenters. The molecule has 14 heavy (non-hydrogen) atoms. The Morgan fingerprint density at radius 1 is 1.50 bits per heavy atom. The SMILES string of the molecule is CCCNC(=O)N(CC)C(C)COC. The summed E-state index contributed by atoms with van der Waals surface area (Å²) in [6, 6.07) is 0.126. The molecule has 0 aromatic carbocycles. The fourth-order valence-corrected chi connectivity index (χ4v) is 1.32. The van der Waals surface area contributed by atoms with E-state index >= 15 is 0 Å². The lowest BCUT2D eigenvalue weighted by Gasteiger charge is -2.27. The van der Waals surface area contributed by atoms with E-state index in [4.69, 9.17) is 4.74 Å². The van der Waals surface area contributed by atoms with Gasteiger partial charge >= 0.3 is 6.03 Å². The summed E-state index contributed by atoms with van der Waals surface area (Å²) in [5, 5.41) is 2.85. The highest BCUT2D eigenvalue weighted by molar-refractivity contribution is 5.74. The van der Waals surface area contributed by atoms with E-state index in [2.05, 4.69) is 5.32 Å². The second-order valence-electron chi connectivity index (χ2n) is 3.32. The topological polar surface area (TPSA) is 41.6 Å². The van der Waals surface area contributed by atoms with Crippen LogP contribution in [-0.4, -0.2) is 43.8 Å². The number of carbonyl (C=O) groups is 1. The van der Waals surface area contributed by atoms with Crippen LogP contribution in [0.15, 0.2) is 0 Å². The van der Waals surface area contributed by atoms with Crippen molar-refractivity contribution in [3.8, 4) is 0 Å². The molecule has 1 unspecified atom stereocenters. The predicted molar refractivity (Wildman–Crippen MR) is 57.4 cm³/mol. The number of nitrogens with one attached hydrogen (secondary N) is 1. The number of rotatable bonds is 6. The maximum Gasteiger partial charge on any atom is 0.317 e. The number of urea groups is 1. The van der Waals surface area contributed by atoms with Crippen LogP contribution in [0.4, 0.5) is 4.79 Å². The van der Waals surface area contributed by atoms with Crippen molar-refractivity contribution in [1.82, 2.24) is 10.2 Å². The van der Waals surface area contributed by atoms with Crippen LogP contribution in [0.3, 0.4) is 0 Å². The molecule has 0 aromatic heterocycles. The summed E-state index contributed by atoms with van der Waals surface area (Å²) in [6.45, 7) is 8.01. The van der Waals surface area contributed by atoms with Crippen LogP contribution in [0, 0.1) is 0 Å². The van der Waals surface area contributed by atoms with Gasteiger partial charge < -0.3 is 15.0 Å². The molecule has 0 heterocycles. The second-order valence-corrected chi connectivity index (χ2v) is 3.32. The lowest BCUT2D eigenvalue weighted by molar-refractivity contribution is 0.114. The molecular weight excluding hydrogens is 180 g/mol. The first kappa shape index (κ1) is 13.2. The molecule has 1 N–H and O–H groups in total. The van der Waals surface area contributed by atoms with E-state index in [1.807, 2.05) is 20.8 Å². The quantitative estimate of drug-likeness (QED) is 0.708. The maximum atomic E-state index is 11.6. The van der Waals surface area contributed by atoms with E-state index in [1.165, 1.54) is 0 Å². The zero-order valence-corrected chi connectivity index (χ0v) is 9.67. The monoisotopic (exact) mass is 202 g/mol. The highest BCUT2D eigenvalue weighted by atomic mass is 16.5. The van der Waals surface area contributed by atoms with Crippen molar-refractivity contribution in [1.29, 1.82) is 0 Å². The Balaban J connectivity index is 4.03. The molecule has 84 valence electrons. The van der Waals surface area contributed by atoms with Crippen LogP contribution >= 0.6 is 0 Å². The van der Waals surface area contributed by atoms with E-state index in [-0.39, 0.29) is 12.1 Å². The highest BCUT2D eigenvalue weighted by Crippen LogP contribution is 1.99. The zero-order valence-electron chi connectivity index (χ0n) is 9.67. The van der Waals surface area contributed by atoms with Gasteiger partial charge in [0, 0.05) is 20.2 Å². The summed E-state index contributed by atoms with van der Waals surface area (Å²) >= 11 is 0. The van der Waals surface area contributed by atoms with Gasteiger partial charge in [-0.2, -0.15) is 0 Å². The summed E-state index contributed by atoms with van der Waals surface area (Å²) in [5.74, 6) is 0. The molecule has 2 amide bonds. The summed E-state index contributed by atoms with van der Waals surface area (Å²) in [6.07, 6.45) is 0.960. The second kappa shape index (κ2) is 7.62. The number of likely N-dealkylation sites (N-methyl/N-ethyl adjacent to an activating group) is 1. The molecule has 0 aliphatic rings. The van der Waals surface area contributed by atoms with Crippen molar-refractivity contribution < 1.29 is 9.53 Å². The molecule has 0 radical (unpaired) electrons. The number of ether oxygens (including phenoxy) is 1. The molecule has 0 aromatic rings. The Hall–Kier alpha value is -0.770. The predicted octanol–water partition coefficient (Wildman–Crippen LogP) is 1.46. The van der Waals surface area contributed by atoms with E-state index in [0.29, 0.717) is 13.2 Å². The summed E-state index contributed by atoms with van der Waals surface area (Å²) < 4.78 is 5.02. The van der Waals surface area contributed by atoms with Crippen molar-refractivity contribution in [2.24, 2.45) is 0 Å². The van der Waals surface area contributed by atoms with Crippen LogP contribution < -0.4 is 5.32 Å². The Bertz CT molecular complexity index is 162. The van der Waals surface area contributed by atoms with Crippen molar-refractivity contribution in [2.45, 2.75) is 33.2 Å². The standard InChI is InChI=1S/C10H22N2O2/c1-5-7-11-10(13)12(6-2)9(3)8-14-4/h9H,5-8H2,1-4H3,(H,11,13). The van der Waals surface area contributed by atoms with Gasteiger partial charge in [0.05, 0.1) is 12.6 Å². The molecule has 0 fully saturated rings. The van der Waals surface area contributed by atoms with Gasteiger partial charge in [-0.3, -0.25) is 0 Å². The first-order valence-electron chi connectivity index (χ1n) is 5.20. The molecule has 0 bridgehead atoms. The first-order chi connectivity index (χ1) is 6.67. The van der Waals surface area contributed by atoms with Gasteiger partial charge in [-0.05, 0) is 20.3 Å². The fourth-order valence-electron chi connectivity index (χ4n) is 1.32. The molecule has 0 saturated heterocycles. The Labute approximate surface area is 86.6 Å². The van der Waals surface area contributed by atoms with E-state index in [1.54, 1.807) is 12.0 Å². The zero-order chi connectivity index (χ0) is 11.0. The molecule has 0 aliphatic carbocycles. The summed E-state index contributed by atoms with van der Waals surface area (Å²) in [7, 11) is 1.65. The van der Waals surface area contributed by atoms with Crippen molar-refractivity contribution in [2.75, 3.05) is 26.8 Å². The average molecular weight is 202 g/mol. The summed E-state index contributed by atoms with van der Waals surface area (Å²) in [5.41, 5.74) is 0. The van der Waals surface area contributed by atoms with Gasteiger partial charge in [0.15, 0.2) is 0 Å². The van der Waals surface area contributed by atoms with Gasteiger partial charge in [-0.15, -0.1) is 0 Å². The van der Waals surface area contributed by atoms with Crippen LogP contribution in [0.2, 0.25) is 0 Å². The highest BCUT2D eigenvalue weighted by Gasteiger charge is 2.17. The van der Waals surface area contributed by atoms with Crippen LogP contribution in [0.5, 0.6) is 0 Å². The Morgan fingerprint density at radius 2 is 2.14 bits per heavy atom.